The molecule has 0 radical (unpaired) electrons. The normalized spacial score (nSPS) is 9.90. The number of benzene rings is 1. The number of aromatic hydroxyl groups is 1. The van der Waals surface area contributed by atoms with Crippen molar-refractivity contribution in [2.45, 2.75) is 19.3 Å². The van der Waals surface area contributed by atoms with Crippen LogP contribution in [-0.4, -0.2) is 34.7 Å². The minimum atomic E-state index is -1.29. The molecule has 114 valence electrons. The van der Waals surface area contributed by atoms with E-state index in [1.807, 2.05) is 0 Å². The number of hydrogen-bond donors (Lipinski definition) is 5. The molecule has 0 heterocycles. The number of primary amides is 1. The van der Waals surface area contributed by atoms with E-state index in [0.29, 0.717) is 19.4 Å². The van der Waals surface area contributed by atoms with Gasteiger partial charge in [-0.25, -0.2) is 9.59 Å². The smallest absolute Gasteiger partial charge is 0.339 e. The predicted octanol–water partition coefficient (Wildman–Crippen LogP) is 0.867. The minimum absolute atomic E-state index is 0.250. The molecule has 1 aromatic rings. The van der Waals surface area contributed by atoms with Crippen LogP contribution >= 0.6 is 0 Å². The van der Waals surface area contributed by atoms with Gasteiger partial charge in [0, 0.05) is 18.7 Å². The van der Waals surface area contributed by atoms with Crippen LogP contribution in [0.1, 0.15) is 29.6 Å². The molecule has 0 aromatic heterocycles. The van der Waals surface area contributed by atoms with Gasteiger partial charge in [0.2, 0.25) is 5.91 Å². The van der Waals surface area contributed by atoms with Crippen molar-refractivity contribution in [2.24, 2.45) is 5.73 Å². The van der Waals surface area contributed by atoms with E-state index in [2.05, 4.69) is 10.6 Å². The van der Waals surface area contributed by atoms with Crippen molar-refractivity contribution in [3.05, 3.63) is 23.8 Å². The fourth-order valence-corrected chi connectivity index (χ4v) is 1.59. The standard InChI is InChI=1S/C13H17N3O5/c14-11(18)3-1-2-6-15-13(21)16-8-4-5-10(17)9(7-8)12(19)20/h4-5,7,17H,1-3,6H2,(H2,14,18)(H,19,20)(H2,15,16,21). The molecule has 0 aliphatic heterocycles. The van der Waals surface area contributed by atoms with Gasteiger partial charge in [-0.15, -0.1) is 0 Å². The summed E-state index contributed by atoms with van der Waals surface area (Å²) >= 11 is 0. The molecular formula is C13H17N3O5. The van der Waals surface area contributed by atoms with E-state index in [-0.39, 0.29) is 29.3 Å². The molecule has 0 spiro atoms. The highest BCUT2D eigenvalue weighted by Gasteiger charge is 2.11. The lowest BCUT2D eigenvalue weighted by Crippen LogP contribution is -2.29. The lowest BCUT2D eigenvalue weighted by molar-refractivity contribution is -0.118. The fraction of sp³-hybridized carbons (Fsp3) is 0.308. The van der Waals surface area contributed by atoms with Crippen LogP contribution in [-0.2, 0) is 4.79 Å². The Morgan fingerprint density at radius 1 is 1.19 bits per heavy atom. The second-order valence-electron chi connectivity index (χ2n) is 4.34. The Bertz CT molecular complexity index is 545. The molecule has 8 heteroatoms. The van der Waals surface area contributed by atoms with Gasteiger partial charge >= 0.3 is 12.0 Å². The van der Waals surface area contributed by atoms with E-state index in [1.165, 1.54) is 12.1 Å². The second-order valence-corrected chi connectivity index (χ2v) is 4.34. The van der Waals surface area contributed by atoms with Gasteiger partial charge in [-0.1, -0.05) is 0 Å². The monoisotopic (exact) mass is 295 g/mol. The van der Waals surface area contributed by atoms with Gasteiger partial charge < -0.3 is 26.6 Å². The lowest BCUT2D eigenvalue weighted by Gasteiger charge is -2.08. The molecule has 3 amide bonds. The van der Waals surface area contributed by atoms with Gasteiger partial charge in [-0.3, -0.25) is 4.79 Å². The maximum absolute atomic E-state index is 11.6. The van der Waals surface area contributed by atoms with E-state index in [4.69, 9.17) is 10.8 Å². The zero-order chi connectivity index (χ0) is 15.8. The Labute approximate surface area is 120 Å². The van der Waals surface area contributed by atoms with Gasteiger partial charge in [0.15, 0.2) is 0 Å². The summed E-state index contributed by atoms with van der Waals surface area (Å²) in [4.78, 5) is 32.9. The molecule has 0 saturated heterocycles. The van der Waals surface area contributed by atoms with Crippen LogP contribution in [0.2, 0.25) is 0 Å². The number of carboxylic acid groups (broad SMARTS) is 1. The summed E-state index contributed by atoms with van der Waals surface area (Å²) < 4.78 is 0. The molecule has 0 aliphatic carbocycles. The van der Waals surface area contributed by atoms with Crippen molar-refractivity contribution < 1.29 is 24.6 Å². The Hall–Kier alpha value is -2.77. The summed E-state index contributed by atoms with van der Waals surface area (Å²) in [5.41, 5.74) is 4.93. The second kappa shape index (κ2) is 7.73. The van der Waals surface area contributed by atoms with Gasteiger partial charge in [0.05, 0.1) is 0 Å². The number of hydrogen-bond acceptors (Lipinski definition) is 4. The first-order valence-electron chi connectivity index (χ1n) is 6.29. The molecule has 0 aliphatic rings. The van der Waals surface area contributed by atoms with E-state index in [1.54, 1.807) is 0 Å². The molecule has 0 bridgehead atoms. The van der Waals surface area contributed by atoms with Crippen LogP contribution in [0, 0.1) is 0 Å². The van der Waals surface area contributed by atoms with Crippen LogP contribution in [0.5, 0.6) is 5.75 Å². The highest BCUT2D eigenvalue weighted by atomic mass is 16.4. The number of carbonyl (C=O) groups excluding carboxylic acids is 2. The number of carbonyl (C=O) groups is 3. The van der Waals surface area contributed by atoms with Crippen molar-refractivity contribution >= 4 is 23.6 Å². The topological polar surface area (TPSA) is 142 Å². The first-order valence-corrected chi connectivity index (χ1v) is 6.29. The number of unbranched alkanes of at least 4 members (excludes halogenated alkanes) is 1. The van der Waals surface area contributed by atoms with Gasteiger partial charge in [0.1, 0.15) is 11.3 Å². The number of nitrogens with two attached hydrogens (primary N) is 1. The fourth-order valence-electron chi connectivity index (χ4n) is 1.59. The first-order chi connectivity index (χ1) is 9.90. The van der Waals surface area contributed by atoms with E-state index in [0.717, 1.165) is 6.07 Å². The number of amides is 3. The third-order valence-electron chi connectivity index (χ3n) is 2.62. The Morgan fingerprint density at radius 3 is 2.52 bits per heavy atom. The molecule has 1 aromatic carbocycles. The predicted molar refractivity (Wildman–Crippen MR) is 75.1 cm³/mol. The number of aromatic carboxylic acids is 1. The van der Waals surface area contributed by atoms with Crippen molar-refractivity contribution in [1.29, 1.82) is 0 Å². The number of rotatable bonds is 7. The average Bonchev–Trinajstić information content (AvgIpc) is 2.40. The molecule has 1 rings (SSSR count). The van der Waals surface area contributed by atoms with E-state index in [9.17, 15) is 19.5 Å². The Kier molecular flexibility index (Phi) is 5.99. The summed E-state index contributed by atoms with van der Waals surface area (Å²) in [5.74, 6) is -2.05. The summed E-state index contributed by atoms with van der Waals surface area (Å²) in [6.07, 6.45) is 1.45. The van der Waals surface area contributed by atoms with Gasteiger partial charge in [-0.05, 0) is 31.0 Å². The SMILES string of the molecule is NC(=O)CCCCNC(=O)Nc1ccc(O)c(C(=O)O)c1. The molecule has 8 nitrogen and oxygen atoms in total. The van der Waals surface area contributed by atoms with Crippen molar-refractivity contribution in [1.82, 2.24) is 5.32 Å². The molecule has 6 N–H and O–H groups in total. The number of nitrogens with one attached hydrogen (secondary N) is 2. The third kappa shape index (κ3) is 5.81. The maximum Gasteiger partial charge on any atom is 0.339 e. The largest absolute Gasteiger partial charge is 0.507 e. The highest BCUT2D eigenvalue weighted by molar-refractivity contribution is 5.95. The third-order valence-corrected chi connectivity index (χ3v) is 2.62. The molecule has 0 unspecified atom stereocenters. The number of urea groups is 1. The molecule has 0 atom stereocenters. The van der Waals surface area contributed by atoms with E-state index < -0.39 is 12.0 Å². The Balaban J connectivity index is 2.43. The van der Waals surface area contributed by atoms with Crippen LogP contribution in [0.4, 0.5) is 10.5 Å². The number of phenols is 1. The summed E-state index contributed by atoms with van der Waals surface area (Å²) in [6, 6.07) is 3.22. The van der Waals surface area contributed by atoms with Gasteiger partial charge in [0.25, 0.3) is 0 Å². The summed E-state index contributed by atoms with van der Waals surface area (Å²) in [5, 5.41) is 23.2. The van der Waals surface area contributed by atoms with Crippen molar-refractivity contribution in [2.75, 3.05) is 11.9 Å². The van der Waals surface area contributed by atoms with E-state index >= 15 is 0 Å². The number of anilines is 1. The molecule has 0 saturated carbocycles. The minimum Gasteiger partial charge on any atom is -0.507 e. The van der Waals surface area contributed by atoms with Crippen LogP contribution in [0.25, 0.3) is 0 Å². The Morgan fingerprint density at radius 2 is 1.90 bits per heavy atom. The van der Waals surface area contributed by atoms with Crippen LogP contribution in [0.15, 0.2) is 18.2 Å². The summed E-state index contributed by atoms with van der Waals surface area (Å²) in [7, 11) is 0. The number of carboxylic acids is 1. The van der Waals surface area contributed by atoms with Crippen molar-refractivity contribution in [3.8, 4) is 5.75 Å². The first kappa shape index (κ1) is 16.3. The van der Waals surface area contributed by atoms with Crippen LogP contribution in [0.3, 0.4) is 0 Å². The quantitative estimate of drug-likeness (QED) is 0.375. The van der Waals surface area contributed by atoms with Gasteiger partial charge in [-0.2, -0.15) is 0 Å². The molecule has 0 fully saturated rings. The van der Waals surface area contributed by atoms with Crippen molar-refractivity contribution in [3.63, 3.8) is 0 Å². The average molecular weight is 295 g/mol. The van der Waals surface area contributed by atoms with Crippen LogP contribution < -0.4 is 16.4 Å². The summed E-state index contributed by atoms with van der Waals surface area (Å²) in [6.45, 7) is 0.364. The highest BCUT2D eigenvalue weighted by Crippen LogP contribution is 2.21. The lowest BCUT2D eigenvalue weighted by atomic mass is 10.2. The molecular weight excluding hydrogens is 278 g/mol. The molecule has 21 heavy (non-hydrogen) atoms. The zero-order valence-electron chi connectivity index (χ0n) is 11.3. The maximum atomic E-state index is 11.6. The zero-order valence-corrected chi connectivity index (χ0v) is 11.3.